The second-order valence-corrected chi connectivity index (χ2v) is 4.33. The lowest BCUT2D eigenvalue weighted by atomic mass is 10.5. The molecule has 0 saturated heterocycles. The van der Waals surface area contributed by atoms with Crippen molar-refractivity contribution in [1.29, 1.82) is 0 Å². The van der Waals surface area contributed by atoms with Crippen LogP contribution in [0, 0.1) is 0 Å². The van der Waals surface area contributed by atoms with Gasteiger partial charge in [-0.2, -0.15) is 0 Å². The van der Waals surface area contributed by atoms with Gasteiger partial charge in [-0.25, -0.2) is 4.57 Å². The average molecular weight is 223 g/mol. The number of carbonyl (C=O) groups is 1. The zero-order chi connectivity index (χ0) is 11.4. The first-order chi connectivity index (χ1) is 6.36. The Morgan fingerprint density at radius 3 is 2.00 bits per heavy atom. The number of likely N-dealkylation sites (N-methyl/N-ethyl adjacent to an activating group) is 1. The third-order valence-corrected chi connectivity index (χ3v) is 2.65. The monoisotopic (exact) mass is 223 g/mol. The summed E-state index contributed by atoms with van der Waals surface area (Å²) in [6.45, 7) is 3.31. The van der Waals surface area contributed by atoms with Crippen LogP contribution in [0.15, 0.2) is 12.3 Å². The maximum atomic E-state index is 11.4. The van der Waals surface area contributed by atoms with Crippen LogP contribution in [0.2, 0.25) is 0 Å². The minimum absolute atomic E-state index is 0.290. The zero-order valence-corrected chi connectivity index (χ0v) is 9.54. The topological polar surface area (TPSA) is 65.1 Å². The van der Waals surface area contributed by atoms with E-state index in [9.17, 15) is 9.36 Å². The highest BCUT2D eigenvalue weighted by molar-refractivity contribution is 7.48. The van der Waals surface area contributed by atoms with Crippen molar-refractivity contribution in [3.8, 4) is 0 Å². The van der Waals surface area contributed by atoms with E-state index in [1.54, 1.807) is 0 Å². The molecule has 0 spiro atoms. The molecule has 82 valence electrons. The van der Waals surface area contributed by atoms with Gasteiger partial charge in [0.2, 0.25) is 0 Å². The number of carbonyl (C=O) groups excluding carboxylic acids is 1. The van der Waals surface area contributed by atoms with Crippen molar-refractivity contribution in [2.24, 2.45) is 0 Å². The lowest BCUT2D eigenvalue weighted by Crippen LogP contribution is -2.24. The fourth-order valence-electron chi connectivity index (χ4n) is 0.572. The lowest BCUT2D eigenvalue weighted by molar-refractivity contribution is -0.127. The molecular formula is C7H14NO5P. The van der Waals surface area contributed by atoms with E-state index in [0.29, 0.717) is 0 Å². The predicted octanol–water partition coefficient (Wildman–Crippen LogP) is 1.01. The first kappa shape index (κ1) is 13.2. The largest absolute Gasteiger partial charge is 0.529 e. The zero-order valence-electron chi connectivity index (χ0n) is 8.64. The molecule has 0 aromatic heterocycles. The molecule has 0 N–H and O–H groups in total. The molecule has 0 radical (unpaired) electrons. The minimum atomic E-state index is -3.68. The first-order valence-corrected chi connectivity index (χ1v) is 5.14. The van der Waals surface area contributed by atoms with Crippen LogP contribution < -0.4 is 0 Å². The van der Waals surface area contributed by atoms with Gasteiger partial charge in [-0.1, -0.05) is 6.58 Å². The first-order valence-electron chi connectivity index (χ1n) is 3.68. The Labute approximate surface area is 83.1 Å². The van der Waals surface area contributed by atoms with Crippen molar-refractivity contribution in [3.05, 3.63) is 12.3 Å². The summed E-state index contributed by atoms with van der Waals surface area (Å²) >= 11 is 0. The summed E-state index contributed by atoms with van der Waals surface area (Å²) in [6.07, 6.45) is 0. The van der Waals surface area contributed by atoms with E-state index < -0.39 is 13.7 Å². The summed E-state index contributed by atoms with van der Waals surface area (Å²) in [5.74, 6) is -0.790. The van der Waals surface area contributed by atoms with Crippen molar-refractivity contribution >= 4 is 13.7 Å². The number of hydrogen-bond donors (Lipinski definition) is 0. The predicted molar refractivity (Wildman–Crippen MR) is 50.5 cm³/mol. The molecule has 0 fully saturated rings. The summed E-state index contributed by atoms with van der Waals surface area (Å²) in [6, 6.07) is 0. The highest BCUT2D eigenvalue weighted by atomic mass is 31.2. The highest BCUT2D eigenvalue weighted by Crippen LogP contribution is 2.49. The second kappa shape index (κ2) is 5.14. The molecule has 0 aliphatic rings. The molecule has 1 amide bonds. The average Bonchev–Trinajstić information content (AvgIpc) is 2.16. The molecule has 0 aromatic carbocycles. The minimum Gasteiger partial charge on any atom is -0.399 e. The van der Waals surface area contributed by atoms with Gasteiger partial charge in [-0.3, -0.25) is 13.8 Å². The maximum absolute atomic E-state index is 11.4. The van der Waals surface area contributed by atoms with Gasteiger partial charge >= 0.3 is 7.82 Å². The number of rotatable bonds is 5. The molecule has 0 aliphatic heterocycles. The van der Waals surface area contributed by atoms with Crippen molar-refractivity contribution in [2.75, 3.05) is 28.3 Å². The van der Waals surface area contributed by atoms with E-state index in [-0.39, 0.29) is 5.76 Å². The SMILES string of the molecule is C=C(OP(=O)(OC)OC)C(=O)N(C)C. The van der Waals surface area contributed by atoms with Crippen LogP contribution in [-0.2, 0) is 22.9 Å². The van der Waals surface area contributed by atoms with Gasteiger partial charge in [0.25, 0.3) is 5.91 Å². The quantitative estimate of drug-likeness (QED) is 0.395. The lowest BCUT2D eigenvalue weighted by Gasteiger charge is -2.17. The Balaban J connectivity index is 4.46. The molecule has 6 nitrogen and oxygen atoms in total. The van der Waals surface area contributed by atoms with E-state index in [2.05, 4.69) is 20.2 Å². The van der Waals surface area contributed by atoms with Crippen LogP contribution in [-0.4, -0.2) is 39.1 Å². The molecule has 0 aliphatic carbocycles. The molecule has 0 saturated carbocycles. The normalized spacial score (nSPS) is 10.9. The van der Waals surface area contributed by atoms with Gasteiger partial charge in [0, 0.05) is 28.3 Å². The smallest absolute Gasteiger partial charge is 0.399 e. The van der Waals surface area contributed by atoms with Gasteiger partial charge in [0.15, 0.2) is 5.76 Å². The molecule has 0 rings (SSSR count). The second-order valence-electron chi connectivity index (χ2n) is 2.53. The molecule has 7 heteroatoms. The molecule has 0 bridgehead atoms. The third-order valence-electron chi connectivity index (χ3n) is 1.31. The summed E-state index contributed by atoms with van der Waals surface area (Å²) < 4.78 is 25.0. The van der Waals surface area contributed by atoms with Gasteiger partial charge < -0.3 is 9.42 Å². The van der Waals surface area contributed by atoms with Crippen LogP contribution in [0.1, 0.15) is 0 Å². The van der Waals surface area contributed by atoms with Crippen LogP contribution in [0.5, 0.6) is 0 Å². The van der Waals surface area contributed by atoms with Crippen molar-refractivity contribution < 1.29 is 22.9 Å². The van der Waals surface area contributed by atoms with E-state index in [4.69, 9.17) is 0 Å². The fraction of sp³-hybridized carbons (Fsp3) is 0.571. The Morgan fingerprint density at radius 2 is 1.71 bits per heavy atom. The third kappa shape index (κ3) is 3.49. The van der Waals surface area contributed by atoms with Gasteiger partial charge in [0.1, 0.15) is 0 Å². The van der Waals surface area contributed by atoms with Crippen molar-refractivity contribution in [3.63, 3.8) is 0 Å². The van der Waals surface area contributed by atoms with Gasteiger partial charge in [-0.15, -0.1) is 0 Å². The molecule has 0 heterocycles. The maximum Gasteiger partial charge on any atom is 0.529 e. The standard InChI is InChI=1S/C7H14NO5P/c1-6(7(9)8(2)3)13-14(10,11-4)12-5/h1H2,2-5H3. The number of amides is 1. The number of nitrogens with zero attached hydrogens (tertiary/aromatic N) is 1. The van der Waals surface area contributed by atoms with Crippen molar-refractivity contribution in [2.45, 2.75) is 0 Å². The number of phosphoric acid groups is 1. The van der Waals surface area contributed by atoms with Crippen LogP contribution in [0.3, 0.4) is 0 Å². The van der Waals surface area contributed by atoms with Gasteiger partial charge in [0.05, 0.1) is 0 Å². The highest BCUT2D eigenvalue weighted by Gasteiger charge is 2.28. The Morgan fingerprint density at radius 1 is 1.29 bits per heavy atom. The Kier molecular flexibility index (Phi) is 4.83. The summed E-state index contributed by atoms with van der Waals surface area (Å²) in [4.78, 5) is 12.5. The molecular weight excluding hydrogens is 209 g/mol. The molecule has 14 heavy (non-hydrogen) atoms. The van der Waals surface area contributed by atoms with E-state index >= 15 is 0 Å². The summed E-state index contributed by atoms with van der Waals surface area (Å²) in [7, 11) is 1.65. The number of phosphoric ester groups is 1. The number of hydrogen-bond acceptors (Lipinski definition) is 5. The molecule has 0 unspecified atom stereocenters. The van der Waals surface area contributed by atoms with Crippen LogP contribution in [0.25, 0.3) is 0 Å². The van der Waals surface area contributed by atoms with Crippen LogP contribution >= 0.6 is 7.82 Å². The van der Waals surface area contributed by atoms with E-state index in [1.165, 1.54) is 19.0 Å². The Hall–Kier alpha value is -0.840. The van der Waals surface area contributed by atoms with Gasteiger partial charge in [-0.05, 0) is 0 Å². The van der Waals surface area contributed by atoms with E-state index in [1.807, 2.05) is 0 Å². The molecule has 0 atom stereocenters. The van der Waals surface area contributed by atoms with Crippen LogP contribution in [0.4, 0.5) is 0 Å². The fourth-order valence-corrected chi connectivity index (χ4v) is 1.22. The Bertz CT molecular complexity index is 267. The van der Waals surface area contributed by atoms with E-state index in [0.717, 1.165) is 14.2 Å². The van der Waals surface area contributed by atoms with Crippen molar-refractivity contribution in [1.82, 2.24) is 4.90 Å². The molecule has 0 aromatic rings. The summed E-state index contributed by atoms with van der Waals surface area (Å²) in [5.41, 5.74) is 0. The summed E-state index contributed by atoms with van der Waals surface area (Å²) in [5, 5.41) is 0.